The summed E-state index contributed by atoms with van der Waals surface area (Å²) in [6.07, 6.45) is 4.27. The number of nitrogens with zero attached hydrogens (tertiary/aromatic N) is 2. The Balaban J connectivity index is 1.75. The molecule has 0 unspecified atom stereocenters. The van der Waals surface area contributed by atoms with Gasteiger partial charge in [0.2, 0.25) is 5.91 Å². The molecule has 0 bridgehead atoms. The van der Waals surface area contributed by atoms with Gasteiger partial charge >= 0.3 is 0 Å². The van der Waals surface area contributed by atoms with Crippen LogP contribution < -0.4 is 5.56 Å². The van der Waals surface area contributed by atoms with E-state index in [0.717, 1.165) is 48.1 Å². The Kier molecular flexibility index (Phi) is 6.63. The summed E-state index contributed by atoms with van der Waals surface area (Å²) >= 11 is 2.92. The van der Waals surface area contributed by atoms with Crippen molar-refractivity contribution in [2.45, 2.75) is 58.5 Å². The Bertz CT molecular complexity index is 874. The van der Waals surface area contributed by atoms with Crippen molar-refractivity contribution < 1.29 is 4.79 Å². The first kappa shape index (κ1) is 20.4. The van der Waals surface area contributed by atoms with Crippen LogP contribution >= 0.6 is 23.1 Å². The fourth-order valence-corrected chi connectivity index (χ4v) is 5.47. The molecule has 2 atom stereocenters. The molecule has 1 fully saturated rings. The largest absolute Gasteiger partial charge is 0.342 e. The Labute approximate surface area is 169 Å². The van der Waals surface area contributed by atoms with Gasteiger partial charge in [-0.1, -0.05) is 39.0 Å². The summed E-state index contributed by atoms with van der Waals surface area (Å²) in [6, 6.07) is 0. The number of amides is 1. The Morgan fingerprint density at radius 2 is 2.26 bits per heavy atom. The Hall–Kier alpha value is -1.34. The van der Waals surface area contributed by atoms with Gasteiger partial charge in [-0.05, 0) is 43.6 Å². The molecule has 3 rings (SSSR count). The molecule has 0 spiro atoms. The topological polar surface area (TPSA) is 66.1 Å². The molecule has 5 nitrogen and oxygen atoms in total. The van der Waals surface area contributed by atoms with E-state index in [1.165, 1.54) is 23.1 Å². The Morgan fingerprint density at radius 1 is 1.48 bits per heavy atom. The van der Waals surface area contributed by atoms with Crippen LogP contribution in [0.4, 0.5) is 0 Å². The van der Waals surface area contributed by atoms with E-state index in [2.05, 4.69) is 37.7 Å². The molecule has 1 saturated heterocycles. The highest BCUT2D eigenvalue weighted by Gasteiger charge is 2.22. The van der Waals surface area contributed by atoms with Gasteiger partial charge in [0.15, 0.2) is 5.16 Å². The minimum Gasteiger partial charge on any atom is -0.342 e. The number of H-pyrrole nitrogens is 1. The van der Waals surface area contributed by atoms with Crippen molar-refractivity contribution in [1.82, 2.24) is 14.9 Å². The number of carbonyl (C=O) groups is 1. The number of thioether (sulfide) groups is 1. The number of aromatic amines is 1. The number of rotatable bonds is 6. The minimum absolute atomic E-state index is 0.0794. The minimum atomic E-state index is -0.0794. The highest BCUT2D eigenvalue weighted by atomic mass is 32.2. The maximum atomic E-state index is 12.7. The number of nitrogens with one attached hydrogen (secondary N) is 1. The van der Waals surface area contributed by atoms with Crippen LogP contribution in [0.15, 0.2) is 9.95 Å². The predicted molar refractivity (Wildman–Crippen MR) is 114 cm³/mol. The lowest BCUT2D eigenvalue weighted by atomic mass is 9.98. The van der Waals surface area contributed by atoms with E-state index in [1.807, 2.05) is 4.90 Å². The van der Waals surface area contributed by atoms with Crippen LogP contribution in [0.5, 0.6) is 0 Å². The van der Waals surface area contributed by atoms with Gasteiger partial charge in [-0.25, -0.2) is 4.98 Å². The van der Waals surface area contributed by atoms with Gasteiger partial charge < -0.3 is 9.88 Å². The molecule has 0 aliphatic carbocycles. The first-order valence-electron chi connectivity index (χ1n) is 9.81. The second-order valence-electron chi connectivity index (χ2n) is 7.78. The maximum absolute atomic E-state index is 12.7. The monoisotopic (exact) mass is 407 g/mol. The van der Waals surface area contributed by atoms with Gasteiger partial charge in [0.25, 0.3) is 5.56 Å². The van der Waals surface area contributed by atoms with Gasteiger partial charge in [-0.15, -0.1) is 11.3 Å². The molecule has 27 heavy (non-hydrogen) atoms. The number of carbonyl (C=O) groups excluding carboxylic acids is 1. The lowest BCUT2D eigenvalue weighted by Gasteiger charge is -2.30. The van der Waals surface area contributed by atoms with Crippen LogP contribution in [0.1, 0.15) is 50.5 Å². The molecule has 2 aromatic rings. The van der Waals surface area contributed by atoms with E-state index in [4.69, 9.17) is 0 Å². The lowest BCUT2D eigenvalue weighted by molar-refractivity contribution is -0.130. The molecule has 1 aliphatic rings. The fourth-order valence-electron chi connectivity index (χ4n) is 3.60. The molecule has 0 aromatic carbocycles. The molecule has 2 aromatic heterocycles. The third-order valence-electron chi connectivity index (χ3n) is 5.43. The zero-order chi connectivity index (χ0) is 19.6. The normalized spacial score (nSPS) is 18.8. The van der Waals surface area contributed by atoms with E-state index < -0.39 is 0 Å². The zero-order valence-corrected chi connectivity index (χ0v) is 18.3. The number of hydrogen-bond donors (Lipinski definition) is 1. The molecule has 0 saturated carbocycles. The number of aryl methyl sites for hydroxylation is 1. The maximum Gasteiger partial charge on any atom is 0.260 e. The van der Waals surface area contributed by atoms with E-state index in [1.54, 1.807) is 11.3 Å². The van der Waals surface area contributed by atoms with Crippen LogP contribution in [-0.4, -0.2) is 39.6 Å². The van der Waals surface area contributed by atoms with Crippen LogP contribution in [0.25, 0.3) is 10.2 Å². The molecule has 1 N–H and O–H groups in total. The number of thiophene rings is 1. The second-order valence-corrected chi connectivity index (χ2v) is 9.95. The smallest absolute Gasteiger partial charge is 0.260 e. The first-order chi connectivity index (χ1) is 12.9. The average Bonchev–Trinajstić information content (AvgIpc) is 2.95. The van der Waals surface area contributed by atoms with Crippen molar-refractivity contribution in [3.8, 4) is 0 Å². The molecule has 148 valence electrons. The van der Waals surface area contributed by atoms with Crippen molar-refractivity contribution in [2.75, 3.05) is 18.8 Å². The number of likely N-dealkylation sites (tertiary alicyclic amines) is 1. The van der Waals surface area contributed by atoms with Gasteiger partial charge in [0, 0.05) is 18.0 Å². The molecule has 0 radical (unpaired) electrons. The van der Waals surface area contributed by atoms with Crippen molar-refractivity contribution in [3.05, 3.63) is 20.8 Å². The highest BCUT2D eigenvalue weighted by molar-refractivity contribution is 7.99. The SMILES string of the molecule is CC[C@H](C)Cc1c(C)sc2nc(SCC(=O)N3CCC[C@@H](C)C3)[nH]c(=O)c12. The number of piperidine rings is 1. The standard InChI is InChI=1S/C20H29N3O2S2/c1-5-12(2)9-15-14(4)27-19-17(15)18(25)21-20(22-19)26-11-16(24)23-8-6-7-13(3)10-23/h12-13H,5-11H2,1-4H3,(H,21,22,25)/t12-,13+/m0/s1. The van der Waals surface area contributed by atoms with Crippen molar-refractivity contribution in [3.63, 3.8) is 0 Å². The summed E-state index contributed by atoms with van der Waals surface area (Å²) in [5.41, 5.74) is 1.05. The summed E-state index contributed by atoms with van der Waals surface area (Å²) in [5.74, 6) is 1.57. The average molecular weight is 408 g/mol. The first-order valence-corrected chi connectivity index (χ1v) is 11.6. The highest BCUT2D eigenvalue weighted by Crippen LogP contribution is 2.30. The zero-order valence-electron chi connectivity index (χ0n) is 16.6. The van der Waals surface area contributed by atoms with Crippen LogP contribution in [0.2, 0.25) is 0 Å². The van der Waals surface area contributed by atoms with E-state index in [-0.39, 0.29) is 11.5 Å². The summed E-state index contributed by atoms with van der Waals surface area (Å²) < 4.78 is 0. The fraction of sp³-hybridized carbons (Fsp3) is 0.650. The molecular weight excluding hydrogens is 378 g/mol. The van der Waals surface area contributed by atoms with E-state index >= 15 is 0 Å². The Morgan fingerprint density at radius 3 is 2.96 bits per heavy atom. The molecule has 1 aliphatic heterocycles. The summed E-state index contributed by atoms with van der Waals surface area (Å²) in [7, 11) is 0. The van der Waals surface area contributed by atoms with Crippen molar-refractivity contribution in [2.24, 2.45) is 11.8 Å². The van der Waals surface area contributed by atoms with Crippen molar-refractivity contribution in [1.29, 1.82) is 0 Å². The number of hydrogen-bond acceptors (Lipinski definition) is 5. The lowest BCUT2D eigenvalue weighted by Crippen LogP contribution is -2.40. The quantitative estimate of drug-likeness (QED) is 0.575. The molecule has 7 heteroatoms. The van der Waals surface area contributed by atoms with Gasteiger partial charge in [0.05, 0.1) is 11.1 Å². The van der Waals surface area contributed by atoms with Gasteiger partial charge in [-0.2, -0.15) is 0 Å². The predicted octanol–water partition coefficient (Wildman–Crippen LogP) is 4.23. The molecule has 1 amide bonds. The molecule has 3 heterocycles. The van der Waals surface area contributed by atoms with E-state index in [0.29, 0.717) is 22.7 Å². The van der Waals surface area contributed by atoms with Gasteiger partial charge in [-0.3, -0.25) is 9.59 Å². The molecular formula is C20H29N3O2S2. The second kappa shape index (κ2) is 8.78. The number of fused-ring (bicyclic) bond motifs is 1. The van der Waals surface area contributed by atoms with Crippen LogP contribution in [-0.2, 0) is 11.2 Å². The third-order valence-corrected chi connectivity index (χ3v) is 7.33. The summed E-state index contributed by atoms with van der Waals surface area (Å²) in [4.78, 5) is 36.6. The summed E-state index contributed by atoms with van der Waals surface area (Å²) in [5, 5.41) is 1.28. The van der Waals surface area contributed by atoms with Crippen molar-refractivity contribution >= 4 is 39.2 Å². The van der Waals surface area contributed by atoms with Crippen LogP contribution in [0.3, 0.4) is 0 Å². The summed E-state index contributed by atoms with van der Waals surface area (Å²) in [6.45, 7) is 10.3. The van der Waals surface area contributed by atoms with Crippen LogP contribution in [0, 0.1) is 18.8 Å². The van der Waals surface area contributed by atoms with E-state index in [9.17, 15) is 9.59 Å². The number of aromatic nitrogens is 2. The van der Waals surface area contributed by atoms with Gasteiger partial charge in [0.1, 0.15) is 4.83 Å². The third kappa shape index (κ3) is 4.74.